The number of ether oxygens (including phenoxy) is 1. The van der Waals surface area contributed by atoms with Crippen LogP contribution >= 0.6 is 15.9 Å². The van der Waals surface area contributed by atoms with Crippen molar-refractivity contribution in [2.24, 2.45) is 0 Å². The van der Waals surface area contributed by atoms with E-state index in [1.165, 1.54) is 6.42 Å². The van der Waals surface area contributed by atoms with Crippen molar-refractivity contribution in [1.29, 1.82) is 0 Å². The molecule has 1 aliphatic heterocycles. The minimum atomic E-state index is 0.307. The Bertz CT molecular complexity index is 535. The number of nitrogens with one attached hydrogen (secondary N) is 1. The Morgan fingerprint density at radius 3 is 3.06 bits per heavy atom. The van der Waals surface area contributed by atoms with E-state index in [4.69, 9.17) is 4.74 Å². The molecule has 1 fully saturated rings. The number of hydrogen-bond donors (Lipinski definition) is 1. The van der Waals surface area contributed by atoms with Gasteiger partial charge in [0.2, 0.25) is 0 Å². The molecule has 94 valence electrons. The van der Waals surface area contributed by atoms with Gasteiger partial charge in [-0.15, -0.1) is 0 Å². The zero-order valence-electron chi connectivity index (χ0n) is 9.84. The summed E-state index contributed by atoms with van der Waals surface area (Å²) < 4.78 is 8.66. The van der Waals surface area contributed by atoms with Crippen LogP contribution in [-0.4, -0.2) is 16.3 Å². The molecule has 0 saturated carbocycles. The SMILES string of the molecule is Brc1ccccc1Oc1cnn(C2CCCN2)c1. The van der Waals surface area contributed by atoms with Crippen molar-refractivity contribution in [3.8, 4) is 11.5 Å². The molecule has 0 aliphatic carbocycles. The maximum Gasteiger partial charge on any atom is 0.165 e. The summed E-state index contributed by atoms with van der Waals surface area (Å²) in [4.78, 5) is 0. The first kappa shape index (κ1) is 11.7. The fourth-order valence-corrected chi connectivity index (χ4v) is 2.46. The normalized spacial score (nSPS) is 19.1. The van der Waals surface area contributed by atoms with Gasteiger partial charge >= 0.3 is 0 Å². The van der Waals surface area contributed by atoms with Crippen molar-refractivity contribution in [3.63, 3.8) is 0 Å². The van der Waals surface area contributed by atoms with E-state index in [1.807, 2.05) is 35.1 Å². The van der Waals surface area contributed by atoms with Crippen molar-refractivity contribution in [3.05, 3.63) is 41.1 Å². The van der Waals surface area contributed by atoms with Gasteiger partial charge in [0, 0.05) is 0 Å². The first-order valence-electron chi connectivity index (χ1n) is 6.03. The third kappa shape index (κ3) is 2.42. The van der Waals surface area contributed by atoms with E-state index in [0.717, 1.165) is 28.9 Å². The van der Waals surface area contributed by atoms with Crippen molar-refractivity contribution < 1.29 is 4.74 Å². The van der Waals surface area contributed by atoms with Crippen LogP contribution < -0.4 is 10.1 Å². The summed E-state index contributed by atoms with van der Waals surface area (Å²) in [5, 5.41) is 7.73. The van der Waals surface area contributed by atoms with Gasteiger partial charge in [-0.1, -0.05) is 12.1 Å². The van der Waals surface area contributed by atoms with Gasteiger partial charge < -0.3 is 4.74 Å². The second-order valence-corrected chi connectivity index (χ2v) is 5.16. The molecule has 1 atom stereocenters. The van der Waals surface area contributed by atoms with Crippen LogP contribution in [-0.2, 0) is 0 Å². The van der Waals surface area contributed by atoms with E-state index in [-0.39, 0.29) is 0 Å². The average Bonchev–Trinajstić information content (AvgIpc) is 3.02. The third-order valence-corrected chi connectivity index (χ3v) is 3.65. The zero-order chi connectivity index (χ0) is 12.4. The van der Waals surface area contributed by atoms with Crippen LogP contribution in [0.4, 0.5) is 0 Å². The van der Waals surface area contributed by atoms with Gasteiger partial charge in [0.25, 0.3) is 0 Å². The maximum atomic E-state index is 5.79. The van der Waals surface area contributed by atoms with Gasteiger partial charge in [-0.2, -0.15) is 5.10 Å². The van der Waals surface area contributed by atoms with Crippen molar-refractivity contribution in [2.75, 3.05) is 6.54 Å². The zero-order valence-corrected chi connectivity index (χ0v) is 11.4. The molecular weight excluding hydrogens is 294 g/mol. The second kappa shape index (κ2) is 5.12. The molecule has 1 unspecified atom stereocenters. The van der Waals surface area contributed by atoms with Crippen LogP contribution in [0.5, 0.6) is 11.5 Å². The highest BCUT2D eigenvalue weighted by atomic mass is 79.9. The molecule has 1 saturated heterocycles. The molecule has 0 bridgehead atoms. The molecule has 1 aliphatic rings. The molecule has 1 N–H and O–H groups in total. The highest BCUT2D eigenvalue weighted by Crippen LogP contribution is 2.29. The van der Waals surface area contributed by atoms with Gasteiger partial charge in [0.05, 0.1) is 16.9 Å². The first-order valence-corrected chi connectivity index (χ1v) is 6.82. The molecule has 0 amide bonds. The monoisotopic (exact) mass is 307 g/mol. The van der Waals surface area contributed by atoms with E-state index in [1.54, 1.807) is 6.20 Å². The summed E-state index contributed by atoms with van der Waals surface area (Å²) in [6.07, 6.45) is 6.31. The summed E-state index contributed by atoms with van der Waals surface area (Å²) in [6.45, 7) is 1.06. The molecule has 1 aromatic heterocycles. The summed E-state index contributed by atoms with van der Waals surface area (Å²) in [5.74, 6) is 1.56. The van der Waals surface area contributed by atoms with Gasteiger partial charge in [0.15, 0.2) is 5.75 Å². The standard InChI is InChI=1S/C13H14BrN3O/c14-11-4-1-2-5-12(11)18-10-8-16-17(9-10)13-6-3-7-15-13/h1-2,4-5,8-9,13,15H,3,6-7H2. The maximum absolute atomic E-state index is 5.79. The quantitative estimate of drug-likeness (QED) is 0.945. The Hall–Kier alpha value is -1.33. The van der Waals surface area contributed by atoms with Gasteiger partial charge in [0.1, 0.15) is 11.9 Å². The summed E-state index contributed by atoms with van der Waals surface area (Å²) in [5.41, 5.74) is 0. The van der Waals surface area contributed by atoms with E-state index in [9.17, 15) is 0 Å². The van der Waals surface area contributed by atoms with Crippen molar-refractivity contribution in [1.82, 2.24) is 15.1 Å². The van der Waals surface area contributed by atoms with E-state index in [0.29, 0.717) is 6.17 Å². The van der Waals surface area contributed by atoms with Gasteiger partial charge in [-0.25, -0.2) is 0 Å². The van der Waals surface area contributed by atoms with Gasteiger partial charge in [-0.05, 0) is 47.4 Å². The third-order valence-electron chi connectivity index (χ3n) is 3.00. The number of rotatable bonds is 3. The molecule has 2 aromatic rings. The number of halogens is 1. The minimum absolute atomic E-state index is 0.307. The molecule has 5 heteroatoms. The Morgan fingerprint density at radius 1 is 1.39 bits per heavy atom. The smallest absolute Gasteiger partial charge is 0.165 e. The van der Waals surface area contributed by atoms with Crippen LogP contribution in [0.3, 0.4) is 0 Å². The highest BCUT2D eigenvalue weighted by molar-refractivity contribution is 9.10. The predicted molar refractivity (Wildman–Crippen MR) is 72.7 cm³/mol. The number of para-hydroxylation sites is 1. The second-order valence-electron chi connectivity index (χ2n) is 4.30. The lowest BCUT2D eigenvalue weighted by Crippen LogP contribution is -2.19. The van der Waals surface area contributed by atoms with Crippen molar-refractivity contribution in [2.45, 2.75) is 19.0 Å². The number of hydrogen-bond acceptors (Lipinski definition) is 3. The Morgan fingerprint density at radius 2 is 2.28 bits per heavy atom. The first-order chi connectivity index (χ1) is 8.83. The lowest BCUT2D eigenvalue weighted by Gasteiger charge is -2.09. The Labute approximate surface area is 114 Å². The van der Waals surface area contributed by atoms with Crippen LogP contribution in [0.25, 0.3) is 0 Å². The van der Waals surface area contributed by atoms with Crippen LogP contribution in [0.1, 0.15) is 19.0 Å². The fraction of sp³-hybridized carbons (Fsp3) is 0.308. The van der Waals surface area contributed by atoms with E-state index >= 15 is 0 Å². The van der Waals surface area contributed by atoms with Crippen LogP contribution in [0.2, 0.25) is 0 Å². The number of benzene rings is 1. The number of nitrogens with zero attached hydrogens (tertiary/aromatic N) is 2. The fourth-order valence-electron chi connectivity index (χ4n) is 2.09. The number of aromatic nitrogens is 2. The summed E-state index contributed by atoms with van der Waals surface area (Å²) in [6, 6.07) is 7.79. The molecule has 0 radical (unpaired) electrons. The summed E-state index contributed by atoms with van der Waals surface area (Å²) in [7, 11) is 0. The molecule has 4 nitrogen and oxygen atoms in total. The van der Waals surface area contributed by atoms with Crippen LogP contribution in [0.15, 0.2) is 41.1 Å². The largest absolute Gasteiger partial charge is 0.453 e. The molecule has 0 spiro atoms. The Balaban J connectivity index is 1.75. The lowest BCUT2D eigenvalue weighted by molar-refractivity contribution is 0.420. The van der Waals surface area contributed by atoms with Crippen molar-refractivity contribution >= 4 is 15.9 Å². The molecule has 3 rings (SSSR count). The average molecular weight is 308 g/mol. The summed E-state index contributed by atoms with van der Waals surface area (Å²) >= 11 is 3.46. The van der Waals surface area contributed by atoms with E-state index in [2.05, 4.69) is 26.3 Å². The Kier molecular flexibility index (Phi) is 3.34. The minimum Gasteiger partial charge on any atom is -0.453 e. The molecule has 2 heterocycles. The van der Waals surface area contributed by atoms with E-state index < -0.39 is 0 Å². The topological polar surface area (TPSA) is 39.1 Å². The lowest BCUT2D eigenvalue weighted by atomic mass is 10.3. The molecular formula is C13H14BrN3O. The predicted octanol–water partition coefficient (Wildman–Crippen LogP) is 3.32. The molecule has 18 heavy (non-hydrogen) atoms. The molecule has 1 aromatic carbocycles. The highest BCUT2D eigenvalue weighted by Gasteiger charge is 2.17. The van der Waals surface area contributed by atoms with Gasteiger partial charge in [-0.3, -0.25) is 10.00 Å². The van der Waals surface area contributed by atoms with Crippen LogP contribution in [0, 0.1) is 0 Å².